The van der Waals surface area contributed by atoms with Crippen LogP contribution in [0.3, 0.4) is 0 Å². The van der Waals surface area contributed by atoms with Gasteiger partial charge < -0.3 is 15.4 Å². The predicted octanol–water partition coefficient (Wildman–Crippen LogP) is 0.555. The van der Waals surface area contributed by atoms with Crippen molar-refractivity contribution in [3.63, 3.8) is 0 Å². The van der Waals surface area contributed by atoms with E-state index in [0.717, 1.165) is 12.8 Å². The third-order valence-electron chi connectivity index (χ3n) is 3.61. The summed E-state index contributed by atoms with van der Waals surface area (Å²) < 4.78 is 5.44. The first-order chi connectivity index (χ1) is 8.81. The van der Waals surface area contributed by atoms with Crippen molar-refractivity contribution in [2.45, 2.75) is 51.3 Å². The van der Waals surface area contributed by atoms with Crippen molar-refractivity contribution in [3.05, 3.63) is 0 Å². The zero-order valence-corrected chi connectivity index (χ0v) is 11.9. The van der Waals surface area contributed by atoms with Crippen LogP contribution in [0.4, 0.5) is 4.79 Å². The lowest BCUT2D eigenvalue weighted by molar-refractivity contribution is -0.133. The minimum absolute atomic E-state index is 0.0336. The normalized spacial score (nSPS) is 26.5. The average Bonchev–Trinajstić information content (AvgIpc) is 2.57. The number of nitrogens with zero attached hydrogens (tertiary/aromatic N) is 2. The summed E-state index contributed by atoms with van der Waals surface area (Å²) in [5, 5.41) is 0. The number of fused-ring (bicyclic) bond motifs is 2. The molecule has 0 aromatic rings. The minimum Gasteiger partial charge on any atom is -0.444 e. The van der Waals surface area contributed by atoms with Gasteiger partial charge in [-0.1, -0.05) is 0 Å². The molecule has 0 radical (unpaired) electrons. The maximum Gasteiger partial charge on any atom is 0.410 e. The molecule has 2 aliphatic heterocycles. The smallest absolute Gasteiger partial charge is 0.410 e. The van der Waals surface area contributed by atoms with E-state index in [4.69, 9.17) is 10.5 Å². The summed E-state index contributed by atoms with van der Waals surface area (Å²) in [6.07, 6.45) is 1.59. The second-order valence-electron chi connectivity index (χ2n) is 6.28. The first kappa shape index (κ1) is 14.1. The zero-order chi connectivity index (χ0) is 14.2. The highest BCUT2D eigenvalue weighted by Gasteiger charge is 2.45. The summed E-state index contributed by atoms with van der Waals surface area (Å²) in [6, 6.07) is 0.146. The molecule has 6 heteroatoms. The SMILES string of the molecule is CC(C)(C)OC(=O)N1C2CCC1CN(C(=O)CN)C2. The zero-order valence-electron chi connectivity index (χ0n) is 11.9. The molecule has 0 saturated carbocycles. The van der Waals surface area contributed by atoms with E-state index in [1.165, 1.54) is 0 Å². The van der Waals surface area contributed by atoms with Crippen LogP contribution in [0, 0.1) is 0 Å². The molecule has 19 heavy (non-hydrogen) atoms. The van der Waals surface area contributed by atoms with Crippen LogP contribution < -0.4 is 5.73 Å². The summed E-state index contributed by atoms with van der Waals surface area (Å²) in [6.45, 7) is 6.77. The number of hydrogen-bond acceptors (Lipinski definition) is 4. The Morgan fingerprint density at radius 3 is 2.16 bits per heavy atom. The van der Waals surface area contributed by atoms with Gasteiger partial charge in [0.1, 0.15) is 5.60 Å². The van der Waals surface area contributed by atoms with Crippen molar-refractivity contribution >= 4 is 12.0 Å². The number of amides is 2. The fourth-order valence-corrected chi connectivity index (χ4v) is 2.85. The first-order valence-electron chi connectivity index (χ1n) is 6.81. The molecule has 2 rings (SSSR count). The lowest BCUT2D eigenvalue weighted by Gasteiger charge is -2.41. The molecule has 2 heterocycles. The van der Waals surface area contributed by atoms with E-state index in [0.29, 0.717) is 13.1 Å². The van der Waals surface area contributed by atoms with Gasteiger partial charge in [0.2, 0.25) is 5.91 Å². The van der Waals surface area contributed by atoms with Crippen molar-refractivity contribution < 1.29 is 14.3 Å². The number of likely N-dealkylation sites (tertiary alicyclic amines) is 1. The fraction of sp³-hybridized carbons (Fsp3) is 0.846. The van der Waals surface area contributed by atoms with Crippen LogP contribution in [-0.4, -0.2) is 59.1 Å². The maximum atomic E-state index is 12.2. The van der Waals surface area contributed by atoms with E-state index in [2.05, 4.69) is 0 Å². The van der Waals surface area contributed by atoms with Gasteiger partial charge in [-0.05, 0) is 33.6 Å². The van der Waals surface area contributed by atoms with Gasteiger partial charge in [-0.25, -0.2) is 4.79 Å². The molecule has 2 N–H and O–H groups in total. The Balaban J connectivity index is 2.03. The molecule has 2 amide bonds. The van der Waals surface area contributed by atoms with Crippen LogP contribution in [0.5, 0.6) is 0 Å². The van der Waals surface area contributed by atoms with Crippen molar-refractivity contribution in [2.75, 3.05) is 19.6 Å². The van der Waals surface area contributed by atoms with Crippen molar-refractivity contribution in [1.82, 2.24) is 9.80 Å². The summed E-state index contributed by atoms with van der Waals surface area (Å²) in [5.74, 6) is -0.0410. The van der Waals surface area contributed by atoms with E-state index < -0.39 is 5.60 Å². The monoisotopic (exact) mass is 269 g/mol. The van der Waals surface area contributed by atoms with Crippen LogP contribution in [0.15, 0.2) is 0 Å². The Morgan fingerprint density at radius 1 is 1.21 bits per heavy atom. The highest BCUT2D eigenvalue weighted by atomic mass is 16.6. The van der Waals surface area contributed by atoms with Gasteiger partial charge in [0.25, 0.3) is 0 Å². The second kappa shape index (κ2) is 5.00. The molecule has 2 bridgehead atoms. The Bertz CT molecular complexity index is 364. The Kier molecular flexibility index (Phi) is 3.71. The van der Waals surface area contributed by atoms with Crippen molar-refractivity contribution in [2.24, 2.45) is 5.73 Å². The van der Waals surface area contributed by atoms with Crippen molar-refractivity contribution in [3.8, 4) is 0 Å². The molecular weight excluding hydrogens is 246 g/mol. The number of carbonyl (C=O) groups excluding carboxylic acids is 2. The molecule has 0 aliphatic carbocycles. The van der Waals surface area contributed by atoms with Crippen LogP contribution >= 0.6 is 0 Å². The van der Waals surface area contributed by atoms with E-state index in [-0.39, 0.29) is 30.6 Å². The summed E-state index contributed by atoms with van der Waals surface area (Å²) in [4.78, 5) is 27.4. The molecule has 2 aliphatic rings. The van der Waals surface area contributed by atoms with Crippen molar-refractivity contribution in [1.29, 1.82) is 0 Å². The molecule has 2 fully saturated rings. The minimum atomic E-state index is -0.485. The van der Waals surface area contributed by atoms with Crippen LogP contribution in [-0.2, 0) is 9.53 Å². The molecule has 0 aromatic carbocycles. The number of carbonyl (C=O) groups is 2. The van der Waals surface area contributed by atoms with Gasteiger partial charge in [0.15, 0.2) is 0 Å². The van der Waals surface area contributed by atoms with Crippen LogP contribution in [0.25, 0.3) is 0 Å². The Labute approximate surface area is 113 Å². The summed E-state index contributed by atoms with van der Waals surface area (Å²) in [7, 11) is 0. The largest absolute Gasteiger partial charge is 0.444 e. The second-order valence-corrected chi connectivity index (χ2v) is 6.28. The highest BCUT2D eigenvalue weighted by Crippen LogP contribution is 2.31. The number of ether oxygens (including phenoxy) is 1. The number of hydrogen-bond donors (Lipinski definition) is 1. The molecule has 2 atom stereocenters. The van der Waals surface area contributed by atoms with Gasteiger partial charge in [0, 0.05) is 13.1 Å². The van der Waals surface area contributed by atoms with Gasteiger partial charge >= 0.3 is 6.09 Å². The number of rotatable bonds is 1. The molecule has 2 unspecified atom stereocenters. The highest BCUT2D eigenvalue weighted by molar-refractivity contribution is 5.79. The molecule has 108 valence electrons. The maximum absolute atomic E-state index is 12.2. The van der Waals surface area contributed by atoms with Gasteiger partial charge in [-0.2, -0.15) is 0 Å². The summed E-state index contributed by atoms with van der Waals surface area (Å²) >= 11 is 0. The lowest BCUT2D eigenvalue weighted by atomic mass is 10.2. The van der Waals surface area contributed by atoms with E-state index >= 15 is 0 Å². The molecule has 0 aromatic heterocycles. The topological polar surface area (TPSA) is 75.9 Å². The molecular formula is C13H23N3O3. The van der Waals surface area contributed by atoms with Gasteiger partial charge in [-0.3, -0.25) is 9.69 Å². The quantitative estimate of drug-likeness (QED) is 0.754. The van der Waals surface area contributed by atoms with E-state index in [1.807, 2.05) is 25.7 Å². The molecule has 0 spiro atoms. The van der Waals surface area contributed by atoms with Crippen LogP contribution in [0.1, 0.15) is 33.6 Å². The Hall–Kier alpha value is -1.30. The third kappa shape index (κ3) is 3.00. The average molecular weight is 269 g/mol. The number of nitrogens with two attached hydrogens (primary N) is 1. The van der Waals surface area contributed by atoms with E-state index in [1.54, 1.807) is 4.90 Å². The first-order valence-corrected chi connectivity index (χ1v) is 6.81. The summed E-state index contributed by atoms with van der Waals surface area (Å²) in [5.41, 5.74) is 4.91. The fourth-order valence-electron chi connectivity index (χ4n) is 2.85. The Morgan fingerprint density at radius 2 is 1.74 bits per heavy atom. The van der Waals surface area contributed by atoms with Gasteiger partial charge in [0.05, 0.1) is 18.6 Å². The molecule has 6 nitrogen and oxygen atoms in total. The van der Waals surface area contributed by atoms with E-state index in [9.17, 15) is 9.59 Å². The lowest BCUT2D eigenvalue weighted by Crippen LogP contribution is -2.58. The number of piperazine rings is 1. The van der Waals surface area contributed by atoms with Crippen LogP contribution in [0.2, 0.25) is 0 Å². The predicted molar refractivity (Wildman–Crippen MR) is 70.5 cm³/mol. The standard InChI is InChI=1S/C13H23N3O3/c1-13(2,3)19-12(18)16-9-4-5-10(16)8-15(7-9)11(17)6-14/h9-10H,4-8,14H2,1-3H3. The third-order valence-corrected chi connectivity index (χ3v) is 3.61. The molecule has 2 saturated heterocycles. The van der Waals surface area contributed by atoms with Gasteiger partial charge in [-0.15, -0.1) is 0 Å².